The molecule has 0 atom stereocenters. The maximum Gasteiger partial charge on any atom is 0.274 e. The maximum absolute atomic E-state index is 13.0. The van der Waals surface area contributed by atoms with Crippen LogP contribution in [0, 0.1) is 5.92 Å². The fourth-order valence-corrected chi connectivity index (χ4v) is 5.09. The molecule has 2 aliphatic carbocycles. The highest BCUT2D eigenvalue weighted by Gasteiger charge is 2.27. The zero-order valence-electron chi connectivity index (χ0n) is 19.2. The summed E-state index contributed by atoms with van der Waals surface area (Å²) in [6.07, 6.45) is 15.0. The first-order chi connectivity index (χ1) is 16.7. The molecule has 2 saturated carbocycles. The van der Waals surface area contributed by atoms with Crippen molar-refractivity contribution in [3.8, 4) is 11.4 Å². The summed E-state index contributed by atoms with van der Waals surface area (Å²) in [5, 5.41) is 11.4. The van der Waals surface area contributed by atoms with Crippen LogP contribution in [0.15, 0.2) is 60.1 Å². The van der Waals surface area contributed by atoms with Gasteiger partial charge in [-0.15, -0.1) is 10.2 Å². The molecule has 0 radical (unpaired) electrons. The van der Waals surface area contributed by atoms with Crippen LogP contribution in [0.4, 0.5) is 5.69 Å². The van der Waals surface area contributed by atoms with E-state index in [9.17, 15) is 4.79 Å². The largest absolute Gasteiger partial charge is 0.321 e. The van der Waals surface area contributed by atoms with E-state index in [1.807, 2.05) is 42.6 Å². The molecule has 2 fully saturated rings. The summed E-state index contributed by atoms with van der Waals surface area (Å²) in [7, 11) is 0. The number of benzene rings is 1. The fraction of sp³-hybridized carbons (Fsp3) is 0.370. The summed E-state index contributed by atoms with van der Waals surface area (Å²) < 4.78 is 2.12. The highest BCUT2D eigenvalue weighted by Crippen LogP contribution is 2.38. The zero-order chi connectivity index (χ0) is 22.9. The highest BCUT2D eigenvalue weighted by atomic mass is 16.1. The molecule has 0 unspecified atom stereocenters. The normalized spacial score (nSPS) is 18.5. The number of carbonyl (C=O) groups excluding carboxylic acids is 1. The van der Waals surface area contributed by atoms with Crippen LogP contribution in [-0.2, 0) is 0 Å². The molecule has 0 bridgehead atoms. The van der Waals surface area contributed by atoms with Crippen LogP contribution < -0.4 is 5.32 Å². The minimum Gasteiger partial charge on any atom is -0.321 e. The number of rotatable bonds is 6. The predicted molar refractivity (Wildman–Crippen MR) is 133 cm³/mol. The first-order valence-corrected chi connectivity index (χ1v) is 12.3. The molecule has 2 aromatic heterocycles. The molecule has 3 aromatic rings. The van der Waals surface area contributed by atoms with Crippen LogP contribution in [-0.4, -0.2) is 31.4 Å². The van der Waals surface area contributed by atoms with E-state index in [0.717, 1.165) is 42.6 Å². The van der Waals surface area contributed by atoms with Gasteiger partial charge >= 0.3 is 0 Å². The van der Waals surface area contributed by atoms with Gasteiger partial charge in [0.05, 0.1) is 0 Å². The number of aliphatic imine (C=N–C) groups is 1. The Hall–Kier alpha value is -3.61. The molecule has 1 amide bonds. The Morgan fingerprint density at radius 3 is 2.68 bits per heavy atom. The molecule has 7 heteroatoms. The van der Waals surface area contributed by atoms with Gasteiger partial charge < -0.3 is 9.88 Å². The molecular formula is C27H28N6O. The average Bonchev–Trinajstić information content (AvgIpc) is 3.36. The number of nitrogens with zero attached hydrogens (tertiary/aromatic N) is 5. The van der Waals surface area contributed by atoms with E-state index in [-0.39, 0.29) is 5.91 Å². The third kappa shape index (κ3) is 4.30. The molecule has 172 valence electrons. The standard InChI is InChI=1S/C27H28N6O/c34-27(31-22-7-3-6-20(14-22)26-32-30-17-33(26)23-9-10-23)25-15-19(12-13-28-25)21-8-11-24(29-16-21)18-4-1-2-5-18/h3,6-7,12-18,23H,1-2,4-5,8-11H2,(H,31,34). The van der Waals surface area contributed by atoms with Gasteiger partial charge in [0.25, 0.3) is 5.91 Å². The number of allylic oxidation sites excluding steroid dienone is 1. The minimum atomic E-state index is -0.228. The Labute approximate surface area is 199 Å². The molecular weight excluding hydrogens is 424 g/mol. The second kappa shape index (κ2) is 8.97. The molecule has 3 heterocycles. The molecule has 6 rings (SSSR count). The van der Waals surface area contributed by atoms with Crippen molar-refractivity contribution in [3.63, 3.8) is 0 Å². The number of nitrogens with one attached hydrogen (secondary N) is 1. The summed E-state index contributed by atoms with van der Waals surface area (Å²) in [6.45, 7) is 0. The van der Waals surface area contributed by atoms with Gasteiger partial charge in [-0.3, -0.25) is 14.8 Å². The minimum absolute atomic E-state index is 0.228. The summed E-state index contributed by atoms with van der Waals surface area (Å²) in [6, 6.07) is 12.1. The number of hydrogen-bond donors (Lipinski definition) is 1. The van der Waals surface area contributed by atoms with E-state index in [4.69, 9.17) is 4.99 Å². The van der Waals surface area contributed by atoms with Crippen molar-refractivity contribution in [1.29, 1.82) is 0 Å². The van der Waals surface area contributed by atoms with E-state index >= 15 is 0 Å². The van der Waals surface area contributed by atoms with Crippen molar-refractivity contribution in [3.05, 3.63) is 66.4 Å². The van der Waals surface area contributed by atoms with Gasteiger partial charge in [0, 0.05) is 35.4 Å². The van der Waals surface area contributed by atoms with Crippen molar-refractivity contribution in [2.45, 2.75) is 57.4 Å². The first-order valence-electron chi connectivity index (χ1n) is 12.3. The molecule has 7 nitrogen and oxygen atoms in total. The monoisotopic (exact) mass is 452 g/mol. The second-order valence-corrected chi connectivity index (χ2v) is 9.51. The Kier molecular flexibility index (Phi) is 5.53. The predicted octanol–water partition coefficient (Wildman–Crippen LogP) is 5.69. The van der Waals surface area contributed by atoms with Gasteiger partial charge in [-0.1, -0.05) is 25.0 Å². The van der Waals surface area contributed by atoms with Crippen LogP contribution in [0.3, 0.4) is 0 Å². The van der Waals surface area contributed by atoms with Crippen LogP contribution >= 0.6 is 0 Å². The summed E-state index contributed by atoms with van der Waals surface area (Å²) in [5.41, 5.74) is 5.58. The van der Waals surface area contributed by atoms with Gasteiger partial charge in [-0.2, -0.15) is 0 Å². The van der Waals surface area contributed by atoms with Crippen LogP contribution in [0.5, 0.6) is 0 Å². The van der Waals surface area contributed by atoms with Crippen molar-refractivity contribution in [2.75, 3.05) is 5.32 Å². The number of anilines is 1. The molecule has 0 saturated heterocycles. The van der Waals surface area contributed by atoms with Crippen molar-refractivity contribution < 1.29 is 4.79 Å². The number of amides is 1. The van der Waals surface area contributed by atoms with Gasteiger partial charge in [0.1, 0.15) is 12.0 Å². The topological polar surface area (TPSA) is 85.1 Å². The quantitative estimate of drug-likeness (QED) is 0.520. The lowest BCUT2D eigenvalue weighted by atomic mass is 9.92. The van der Waals surface area contributed by atoms with Gasteiger partial charge in [0.15, 0.2) is 5.82 Å². The Balaban J connectivity index is 1.18. The second-order valence-electron chi connectivity index (χ2n) is 9.51. The Bertz CT molecular complexity index is 1280. The van der Waals surface area contributed by atoms with E-state index in [0.29, 0.717) is 23.3 Å². The average molecular weight is 453 g/mol. The van der Waals surface area contributed by atoms with Crippen LogP contribution in [0.1, 0.15) is 73.5 Å². The van der Waals surface area contributed by atoms with E-state index in [1.54, 1.807) is 12.5 Å². The van der Waals surface area contributed by atoms with Crippen LogP contribution in [0.25, 0.3) is 17.0 Å². The first kappa shape index (κ1) is 21.0. The Morgan fingerprint density at radius 1 is 1.00 bits per heavy atom. The maximum atomic E-state index is 13.0. The van der Waals surface area contributed by atoms with Crippen molar-refractivity contribution in [2.24, 2.45) is 10.9 Å². The molecule has 1 aliphatic heterocycles. The fourth-order valence-electron chi connectivity index (χ4n) is 5.09. The zero-order valence-corrected chi connectivity index (χ0v) is 19.2. The summed E-state index contributed by atoms with van der Waals surface area (Å²) >= 11 is 0. The lowest BCUT2D eigenvalue weighted by molar-refractivity contribution is 0.102. The van der Waals surface area contributed by atoms with Crippen molar-refractivity contribution in [1.82, 2.24) is 19.7 Å². The lowest BCUT2D eigenvalue weighted by Crippen LogP contribution is -2.15. The van der Waals surface area contributed by atoms with Crippen LogP contribution in [0.2, 0.25) is 0 Å². The number of carbonyl (C=O) groups is 1. The SMILES string of the molecule is O=C(Nc1cccc(-c2nncn2C2CC2)c1)c1cc(C2=CN=C(C3CCCC3)CC2)ccn1. The van der Waals surface area contributed by atoms with E-state index in [1.165, 1.54) is 37.0 Å². The van der Waals surface area contributed by atoms with E-state index in [2.05, 4.69) is 25.1 Å². The number of aromatic nitrogens is 4. The van der Waals surface area contributed by atoms with Crippen molar-refractivity contribution >= 4 is 22.9 Å². The lowest BCUT2D eigenvalue weighted by Gasteiger charge is -2.18. The van der Waals surface area contributed by atoms with Gasteiger partial charge in [-0.05, 0) is 79.8 Å². The smallest absolute Gasteiger partial charge is 0.274 e. The third-order valence-electron chi connectivity index (χ3n) is 7.12. The van der Waals surface area contributed by atoms with Gasteiger partial charge in [0.2, 0.25) is 0 Å². The Morgan fingerprint density at radius 2 is 1.88 bits per heavy atom. The molecule has 0 spiro atoms. The molecule has 1 N–H and O–H groups in total. The molecule has 1 aromatic carbocycles. The summed E-state index contributed by atoms with van der Waals surface area (Å²) in [5.74, 6) is 1.28. The molecule has 34 heavy (non-hydrogen) atoms. The number of pyridine rings is 1. The summed E-state index contributed by atoms with van der Waals surface area (Å²) in [4.78, 5) is 22.1. The number of hydrogen-bond acceptors (Lipinski definition) is 5. The van der Waals surface area contributed by atoms with Gasteiger partial charge in [-0.25, -0.2) is 0 Å². The highest BCUT2D eigenvalue weighted by molar-refractivity contribution is 6.03. The van der Waals surface area contributed by atoms with E-state index < -0.39 is 0 Å². The molecule has 3 aliphatic rings. The third-order valence-corrected chi connectivity index (χ3v) is 7.12.